The Labute approximate surface area is 289 Å². The van der Waals surface area contributed by atoms with E-state index in [2.05, 4.69) is 20.2 Å². The Morgan fingerprint density at radius 2 is 1.88 bits per heavy atom. The molecule has 3 fully saturated rings. The van der Waals surface area contributed by atoms with Crippen molar-refractivity contribution in [2.75, 3.05) is 50.0 Å². The highest BCUT2D eigenvalue weighted by atomic mass is 32.1. The second-order valence-electron chi connectivity index (χ2n) is 12.9. The van der Waals surface area contributed by atoms with Gasteiger partial charge in [-0.15, -0.1) is 11.3 Å². The number of nitrogens with zero attached hydrogens (tertiary/aromatic N) is 5. The SMILES string of the molecule is CC.CC1(C=C(F)F)CN(c2nc(OCC34CCCN3CCC4)nc3c(F)c(-c4cccc5sc(N)c(C#N)c45)c(C(F)(F)F)cc23)CCN1. The van der Waals surface area contributed by atoms with E-state index in [4.69, 9.17) is 10.5 Å². The Balaban J connectivity index is 0.00000212. The quantitative estimate of drug-likeness (QED) is 0.193. The molecule has 7 rings (SSSR count). The first-order valence-corrected chi connectivity index (χ1v) is 17.4. The lowest BCUT2D eigenvalue weighted by atomic mass is 9.92. The van der Waals surface area contributed by atoms with Gasteiger partial charge in [0, 0.05) is 46.7 Å². The van der Waals surface area contributed by atoms with E-state index in [1.807, 2.05) is 19.9 Å². The van der Waals surface area contributed by atoms with Crippen LogP contribution in [-0.4, -0.2) is 65.3 Å². The van der Waals surface area contributed by atoms with E-state index in [0.29, 0.717) is 4.70 Å². The number of fused-ring (bicyclic) bond motifs is 3. The molecule has 1 unspecified atom stereocenters. The molecule has 50 heavy (non-hydrogen) atoms. The average molecular weight is 718 g/mol. The first-order valence-electron chi connectivity index (χ1n) is 16.6. The molecular weight excluding hydrogens is 680 g/mol. The van der Waals surface area contributed by atoms with Gasteiger partial charge in [0.05, 0.1) is 22.2 Å². The highest BCUT2D eigenvalue weighted by molar-refractivity contribution is 7.23. The zero-order valence-corrected chi connectivity index (χ0v) is 28.7. The minimum atomic E-state index is -5.04. The van der Waals surface area contributed by atoms with Gasteiger partial charge in [-0.2, -0.15) is 37.2 Å². The Kier molecular flexibility index (Phi) is 9.66. The highest BCUT2D eigenvalue weighted by Crippen LogP contribution is 2.48. The molecule has 2 aromatic carbocycles. The normalized spacial score (nSPS) is 20.4. The number of thiophene rings is 1. The van der Waals surface area contributed by atoms with Gasteiger partial charge in [0.2, 0.25) is 0 Å². The van der Waals surface area contributed by atoms with Gasteiger partial charge in [-0.3, -0.25) is 4.90 Å². The number of nitrogens with two attached hydrogens (primary N) is 1. The van der Waals surface area contributed by atoms with E-state index in [1.54, 1.807) is 11.0 Å². The lowest BCUT2D eigenvalue weighted by Crippen LogP contribution is -2.58. The molecular formula is C35H37F6N7OS. The molecule has 3 aliphatic rings. The number of halogens is 6. The van der Waals surface area contributed by atoms with Crippen molar-refractivity contribution in [3.63, 3.8) is 0 Å². The van der Waals surface area contributed by atoms with Crippen LogP contribution in [0.3, 0.4) is 0 Å². The molecule has 2 aromatic heterocycles. The van der Waals surface area contributed by atoms with E-state index in [9.17, 15) is 27.2 Å². The second kappa shape index (κ2) is 13.5. The van der Waals surface area contributed by atoms with Crippen molar-refractivity contribution >= 4 is 43.1 Å². The number of hydrogen-bond acceptors (Lipinski definition) is 9. The molecule has 0 amide bonds. The summed E-state index contributed by atoms with van der Waals surface area (Å²) in [6, 6.07) is 6.92. The number of nitrogen functional groups attached to an aromatic ring is 1. The van der Waals surface area contributed by atoms with Crippen molar-refractivity contribution in [3.8, 4) is 23.2 Å². The predicted octanol–water partition coefficient (Wildman–Crippen LogP) is 8.11. The number of piperazine rings is 1. The largest absolute Gasteiger partial charge is 0.461 e. The standard InChI is InChI=1S/C33H31F6N7OS.C2H6/c1-31(14-23(34)35)16-45(12-9-42-31)29-19-13-21(33(37,38)39)25(18-5-2-6-22-24(18)20(15-40)28(41)48-22)26(36)27(19)43-30(44-29)47-17-32-7-3-10-46(32)11-4-8-32;1-2/h2,5-6,13-14,42H,3-4,7-12,16-17,41H2,1H3;1-2H3. The van der Waals surface area contributed by atoms with Crippen LogP contribution in [0.15, 0.2) is 36.4 Å². The molecule has 1 atom stereocenters. The van der Waals surface area contributed by atoms with Crippen molar-refractivity contribution in [1.82, 2.24) is 20.2 Å². The van der Waals surface area contributed by atoms with Gasteiger partial charge in [0.25, 0.3) is 6.08 Å². The minimum Gasteiger partial charge on any atom is -0.461 e. The minimum absolute atomic E-state index is 0.0455. The maximum absolute atomic E-state index is 17.0. The summed E-state index contributed by atoms with van der Waals surface area (Å²) in [4.78, 5) is 12.8. The van der Waals surface area contributed by atoms with Crippen LogP contribution < -0.4 is 20.7 Å². The lowest BCUT2D eigenvalue weighted by molar-refractivity contribution is -0.137. The van der Waals surface area contributed by atoms with Crippen LogP contribution in [-0.2, 0) is 6.18 Å². The molecule has 3 N–H and O–H groups in total. The summed E-state index contributed by atoms with van der Waals surface area (Å²) in [5.74, 6) is -1.34. The summed E-state index contributed by atoms with van der Waals surface area (Å²) < 4.78 is 95.3. The van der Waals surface area contributed by atoms with Crippen LogP contribution in [0.4, 0.5) is 37.2 Å². The molecule has 0 spiro atoms. The number of hydrogen-bond donors (Lipinski definition) is 2. The van der Waals surface area contributed by atoms with Crippen LogP contribution in [0, 0.1) is 17.1 Å². The third kappa shape index (κ3) is 6.33. The number of nitrogens with one attached hydrogen (secondary N) is 1. The number of anilines is 2. The van der Waals surface area contributed by atoms with Crippen LogP contribution >= 0.6 is 11.3 Å². The third-order valence-corrected chi connectivity index (χ3v) is 10.7. The summed E-state index contributed by atoms with van der Waals surface area (Å²) in [5, 5.41) is 12.8. The molecule has 15 heteroatoms. The molecule has 266 valence electrons. The van der Waals surface area contributed by atoms with E-state index in [1.165, 1.54) is 19.1 Å². The van der Waals surface area contributed by atoms with Gasteiger partial charge in [-0.05, 0) is 63.4 Å². The van der Waals surface area contributed by atoms with Gasteiger partial charge in [0.15, 0.2) is 5.82 Å². The molecule has 3 aliphatic heterocycles. The van der Waals surface area contributed by atoms with Gasteiger partial charge >= 0.3 is 12.2 Å². The van der Waals surface area contributed by atoms with E-state index in [-0.39, 0.29) is 70.5 Å². The molecule has 5 heterocycles. The van der Waals surface area contributed by atoms with Crippen molar-refractivity contribution in [3.05, 3.63) is 53.4 Å². The number of nitriles is 1. The summed E-state index contributed by atoms with van der Waals surface area (Å²) in [6.07, 6.45) is -2.44. The molecule has 4 aromatic rings. The molecule has 0 radical (unpaired) electrons. The number of alkyl halides is 3. The van der Waals surface area contributed by atoms with Gasteiger partial charge < -0.3 is 20.7 Å². The summed E-state index contributed by atoms with van der Waals surface area (Å²) in [7, 11) is 0. The van der Waals surface area contributed by atoms with Crippen molar-refractivity contribution < 1.29 is 31.1 Å². The molecule has 0 aliphatic carbocycles. The first-order chi connectivity index (χ1) is 23.8. The van der Waals surface area contributed by atoms with Crippen LogP contribution in [0.5, 0.6) is 6.01 Å². The van der Waals surface area contributed by atoms with Gasteiger partial charge in [-0.25, -0.2) is 4.39 Å². The summed E-state index contributed by atoms with van der Waals surface area (Å²) in [5.41, 5.74) is 1.84. The zero-order valence-electron chi connectivity index (χ0n) is 27.9. The third-order valence-electron chi connectivity index (χ3n) is 9.76. The molecule has 0 bridgehead atoms. The highest BCUT2D eigenvalue weighted by Gasteiger charge is 2.45. The monoisotopic (exact) mass is 717 g/mol. The van der Waals surface area contributed by atoms with Crippen molar-refractivity contribution in [2.24, 2.45) is 0 Å². The Morgan fingerprint density at radius 3 is 2.54 bits per heavy atom. The fraction of sp³-hybridized carbons (Fsp3) is 0.457. The smallest absolute Gasteiger partial charge is 0.417 e. The summed E-state index contributed by atoms with van der Waals surface area (Å²) in [6.45, 7) is 7.88. The lowest BCUT2D eigenvalue weighted by Gasteiger charge is -2.40. The van der Waals surface area contributed by atoms with Gasteiger partial charge in [0.1, 0.15) is 29.0 Å². The van der Waals surface area contributed by atoms with E-state index in [0.717, 1.165) is 62.3 Å². The maximum atomic E-state index is 17.0. The van der Waals surface area contributed by atoms with E-state index >= 15 is 4.39 Å². The van der Waals surface area contributed by atoms with Crippen LogP contribution in [0.1, 0.15) is 57.6 Å². The van der Waals surface area contributed by atoms with Crippen molar-refractivity contribution in [2.45, 2.75) is 63.7 Å². The van der Waals surface area contributed by atoms with Gasteiger partial charge in [-0.1, -0.05) is 26.0 Å². The number of benzene rings is 2. The molecule has 8 nitrogen and oxygen atoms in total. The fourth-order valence-electron chi connectivity index (χ4n) is 7.66. The number of aromatic nitrogens is 2. The fourth-order valence-corrected chi connectivity index (χ4v) is 8.60. The van der Waals surface area contributed by atoms with Crippen molar-refractivity contribution in [1.29, 1.82) is 5.26 Å². The second-order valence-corrected chi connectivity index (χ2v) is 14.0. The topological polar surface area (TPSA) is 103 Å². The Bertz CT molecular complexity index is 1990. The number of rotatable bonds is 6. The first kappa shape index (κ1) is 35.7. The van der Waals surface area contributed by atoms with E-state index < -0.39 is 40.3 Å². The summed E-state index contributed by atoms with van der Waals surface area (Å²) >= 11 is 1.02. The molecule has 3 saturated heterocycles. The Morgan fingerprint density at radius 1 is 1.16 bits per heavy atom. The Hall–Kier alpha value is -4.13. The molecule has 0 saturated carbocycles. The number of ether oxygens (including phenoxy) is 1. The predicted molar refractivity (Wildman–Crippen MR) is 183 cm³/mol. The van der Waals surface area contributed by atoms with Crippen LogP contribution in [0.25, 0.3) is 32.1 Å². The maximum Gasteiger partial charge on any atom is 0.417 e. The van der Waals surface area contributed by atoms with Crippen LogP contribution in [0.2, 0.25) is 0 Å². The average Bonchev–Trinajstić information content (AvgIpc) is 3.75. The zero-order chi connectivity index (χ0) is 36.0.